The molecule has 87 valence electrons. The third-order valence-electron chi connectivity index (χ3n) is 2.06. The van der Waals surface area contributed by atoms with Gasteiger partial charge in [0.2, 0.25) is 5.90 Å². The van der Waals surface area contributed by atoms with E-state index in [1.54, 1.807) is 24.3 Å². The van der Waals surface area contributed by atoms with Gasteiger partial charge < -0.3 is 4.74 Å². The molecule has 0 aromatic heterocycles. The van der Waals surface area contributed by atoms with Gasteiger partial charge in [-0.3, -0.25) is 4.79 Å². The molecule has 0 fully saturated rings. The van der Waals surface area contributed by atoms with E-state index in [1.807, 2.05) is 6.92 Å². The van der Waals surface area contributed by atoms with E-state index in [9.17, 15) is 4.79 Å². The van der Waals surface area contributed by atoms with Crippen molar-refractivity contribution in [1.82, 2.24) is 5.43 Å². The van der Waals surface area contributed by atoms with Crippen LogP contribution in [-0.4, -0.2) is 17.8 Å². The van der Waals surface area contributed by atoms with Gasteiger partial charge in [0.1, 0.15) is 0 Å². The lowest BCUT2D eigenvalue weighted by Crippen LogP contribution is -2.11. The topological polar surface area (TPSA) is 65.1 Å². The first-order valence-electron chi connectivity index (χ1n) is 5.03. The van der Waals surface area contributed by atoms with Crippen molar-refractivity contribution in [1.29, 1.82) is 0 Å². The molecule has 17 heavy (non-hydrogen) atoms. The van der Waals surface area contributed by atoms with Crippen molar-refractivity contribution in [3.63, 3.8) is 0 Å². The van der Waals surface area contributed by atoms with E-state index in [1.165, 1.54) is 0 Å². The summed E-state index contributed by atoms with van der Waals surface area (Å²) in [6.07, 6.45) is 0.600. The zero-order valence-electron chi connectivity index (χ0n) is 9.05. The summed E-state index contributed by atoms with van der Waals surface area (Å²) >= 11 is 5.87. The lowest BCUT2D eigenvalue weighted by atomic mass is 10.2. The highest BCUT2D eigenvalue weighted by Gasteiger charge is 2.18. The molecule has 0 unspecified atom stereocenters. The Balaban J connectivity index is 2.14. The molecule has 1 heterocycles. The van der Waals surface area contributed by atoms with Crippen LogP contribution in [-0.2, 0) is 4.74 Å². The van der Waals surface area contributed by atoms with Gasteiger partial charge in [0.05, 0.1) is 10.6 Å². The average molecular weight is 251 g/mol. The van der Waals surface area contributed by atoms with E-state index in [0.29, 0.717) is 22.9 Å². The maximum absolute atomic E-state index is 11.8. The van der Waals surface area contributed by atoms with Gasteiger partial charge in [-0.05, 0) is 12.1 Å². The van der Waals surface area contributed by atoms with Crippen LogP contribution in [0.25, 0.3) is 0 Å². The molecule has 0 aliphatic carbocycles. The largest absolute Gasteiger partial charge is 0.406 e. The molecule has 1 aliphatic heterocycles. The Morgan fingerprint density at radius 2 is 2.24 bits per heavy atom. The number of benzene rings is 1. The molecule has 0 N–H and O–H groups in total. The van der Waals surface area contributed by atoms with Crippen molar-refractivity contribution in [2.75, 3.05) is 0 Å². The molecule has 6 heteroatoms. The Kier molecular flexibility index (Phi) is 3.39. The van der Waals surface area contributed by atoms with Crippen molar-refractivity contribution in [3.8, 4) is 0 Å². The number of carbonyl (C=O) groups excluding carboxylic acids is 1. The average Bonchev–Trinajstić information content (AvgIpc) is 2.77. The van der Waals surface area contributed by atoms with Gasteiger partial charge in [-0.2, -0.15) is 4.99 Å². The Bertz CT molecular complexity index is 511. The fourth-order valence-electron chi connectivity index (χ4n) is 1.21. The van der Waals surface area contributed by atoms with Crippen LogP contribution in [0.2, 0.25) is 5.02 Å². The first-order valence-corrected chi connectivity index (χ1v) is 5.41. The van der Waals surface area contributed by atoms with Gasteiger partial charge in [-0.25, -0.2) is 0 Å². The van der Waals surface area contributed by atoms with Crippen molar-refractivity contribution < 1.29 is 9.53 Å². The van der Waals surface area contributed by atoms with E-state index < -0.39 is 5.91 Å². The first kappa shape index (κ1) is 11.6. The van der Waals surface area contributed by atoms with Crippen LogP contribution in [0, 0.1) is 0 Å². The van der Waals surface area contributed by atoms with E-state index >= 15 is 0 Å². The van der Waals surface area contributed by atoms with Crippen LogP contribution in [0.1, 0.15) is 23.7 Å². The van der Waals surface area contributed by atoms with Gasteiger partial charge in [0.15, 0.2) is 0 Å². The van der Waals surface area contributed by atoms with Gasteiger partial charge >= 0.3 is 6.02 Å². The summed E-state index contributed by atoms with van der Waals surface area (Å²) in [5.74, 6) is -0.0578. The Labute approximate surface area is 103 Å². The lowest BCUT2D eigenvalue weighted by molar-refractivity contribution is 0.100. The number of ether oxygens (including phenoxy) is 1. The van der Waals surface area contributed by atoms with Crippen LogP contribution in [0.5, 0.6) is 0 Å². The molecule has 0 bridgehead atoms. The molecule has 1 amide bonds. The minimum absolute atomic E-state index is 0.0493. The number of halogens is 1. The monoisotopic (exact) mass is 250 g/mol. The van der Waals surface area contributed by atoms with Crippen LogP contribution in [0.15, 0.2) is 34.4 Å². The second-order valence-corrected chi connectivity index (χ2v) is 3.64. The molecule has 2 rings (SSSR count). The predicted molar refractivity (Wildman–Crippen MR) is 64.2 cm³/mol. The predicted octanol–water partition coefficient (Wildman–Crippen LogP) is 2.19. The van der Waals surface area contributed by atoms with Crippen LogP contribution in [0.4, 0.5) is 0 Å². The molecule has 5 nitrogen and oxygen atoms in total. The highest BCUT2D eigenvalue weighted by Crippen LogP contribution is 2.16. The number of carbonyl (C=O) groups is 1. The molecule has 0 atom stereocenters. The van der Waals surface area contributed by atoms with E-state index in [-0.39, 0.29) is 6.02 Å². The molecule has 1 radical (unpaired) electrons. The molecular weight excluding hydrogens is 242 g/mol. The smallest absolute Gasteiger partial charge is 0.345 e. The Morgan fingerprint density at radius 1 is 1.47 bits per heavy atom. The number of amides is 1. The normalized spacial score (nSPS) is 16.4. The first-order chi connectivity index (χ1) is 8.20. The minimum atomic E-state index is -0.498. The fraction of sp³-hybridized carbons (Fsp3) is 0.182. The fourth-order valence-corrected chi connectivity index (χ4v) is 1.43. The summed E-state index contributed by atoms with van der Waals surface area (Å²) in [5.41, 5.74) is 3.95. The summed E-state index contributed by atoms with van der Waals surface area (Å²) in [5, 5.41) is 4.05. The molecule has 1 aromatic carbocycles. The van der Waals surface area contributed by atoms with Gasteiger partial charge in [-0.1, -0.05) is 36.1 Å². The van der Waals surface area contributed by atoms with Crippen molar-refractivity contribution in [2.24, 2.45) is 10.1 Å². The van der Waals surface area contributed by atoms with Crippen LogP contribution < -0.4 is 5.43 Å². The summed E-state index contributed by atoms with van der Waals surface area (Å²) in [7, 11) is 0. The standard InChI is InChI=1S/C11H9ClN3O2/c1-2-9-14-15-11(17-9)13-10(16)7-5-3-4-6-8(7)12/h3-6H,2H2,1H3. The maximum Gasteiger partial charge on any atom is 0.345 e. The SMILES string of the molecule is CCC1=N[N]C(=NC(=O)c2ccccc2Cl)O1. The number of amidine groups is 1. The summed E-state index contributed by atoms with van der Waals surface area (Å²) in [6.45, 7) is 1.87. The molecule has 1 aliphatic rings. The number of hydrogen-bond acceptors (Lipinski definition) is 3. The third-order valence-corrected chi connectivity index (χ3v) is 2.39. The number of hydrogen-bond donors (Lipinski definition) is 0. The second kappa shape index (κ2) is 4.97. The summed E-state index contributed by atoms with van der Waals surface area (Å²) in [4.78, 5) is 15.4. The Hall–Kier alpha value is -1.88. The van der Waals surface area contributed by atoms with E-state index in [4.69, 9.17) is 16.3 Å². The lowest BCUT2D eigenvalue weighted by Gasteiger charge is -1.99. The maximum atomic E-state index is 11.8. The second-order valence-electron chi connectivity index (χ2n) is 3.23. The zero-order chi connectivity index (χ0) is 12.3. The van der Waals surface area contributed by atoms with Crippen molar-refractivity contribution >= 4 is 29.4 Å². The minimum Gasteiger partial charge on any atom is -0.406 e. The van der Waals surface area contributed by atoms with Crippen molar-refractivity contribution in [2.45, 2.75) is 13.3 Å². The van der Waals surface area contributed by atoms with Gasteiger partial charge in [-0.15, -0.1) is 5.10 Å². The Morgan fingerprint density at radius 3 is 2.88 bits per heavy atom. The highest BCUT2D eigenvalue weighted by molar-refractivity contribution is 6.34. The molecule has 0 saturated heterocycles. The van der Waals surface area contributed by atoms with E-state index in [2.05, 4.69) is 15.5 Å². The quantitative estimate of drug-likeness (QED) is 0.808. The third kappa shape index (κ3) is 2.62. The van der Waals surface area contributed by atoms with Gasteiger partial charge in [0, 0.05) is 6.42 Å². The molecule has 0 spiro atoms. The highest BCUT2D eigenvalue weighted by atomic mass is 35.5. The van der Waals surface area contributed by atoms with Crippen molar-refractivity contribution in [3.05, 3.63) is 34.9 Å². The van der Waals surface area contributed by atoms with Crippen LogP contribution >= 0.6 is 11.6 Å². The number of nitrogens with zero attached hydrogens (tertiary/aromatic N) is 3. The molecule has 1 aromatic rings. The molecule has 0 saturated carbocycles. The van der Waals surface area contributed by atoms with E-state index in [0.717, 1.165) is 0 Å². The van der Waals surface area contributed by atoms with Crippen LogP contribution in [0.3, 0.4) is 0 Å². The summed E-state index contributed by atoms with van der Waals surface area (Å²) in [6, 6.07) is 6.61. The number of rotatable bonds is 2. The number of aliphatic imine (C=N–C) groups is 1. The zero-order valence-corrected chi connectivity index (χ0v) is 9.81. The molecular formula is C11H9ClN3O2. The summed E-state index contributed by atoms with van der Waals surface area (Å²) < 4.78 is 5.11. The van der Waals surface area contributed by atoms with Gasteiger partial charge in [0.25, 0.3) is 5.91 Å².